The van der Waals surface area contributed by atoms with E-state index in [4.69, 9.17) is 16.3 Å². The smallest absolute Gasteiger partial charge is 0.276 e. The van der Waals surface area contributed by atoms with E-state index in [1.54, 1.807) is 12.1 Å². The first-order valence-corrected chi connectivity index (χ1v) is 4.54. The molecule has 0 saturated carbocycles. The zero-order valence-electron chi connectivity index (χ0n) is 7.70. The Kier molecular flexibility index (Phi) is 3.85. The number of nitro benzene ring substituents is 1. The molecule has 76 valence electrons. The van der Waals surface area contributed by atoms with Gasteiger partial charge in [0, 0.05) is 12.7 Å². The Morgan fingerprint density at radius 3 is 2.86 bits per heavy atom. The number of hydrogen-bond acceptors (Lipinski definition) is 3. The number of nitrogens with zero attached hydrogens (tertiary/aromatic N) is 1. The molecule has 0 N–H and O–H groups in total. The number of benzene rings is 1. The summed E-state index contributed by atoms with van der Waals surface area (Å²) in [7, 11) is 0. The fourth-order valence-electron chi connectivity index (χ4n) is 1.07. The molecule has 0 aliphatic heterocycles. The molecule has 0 aliphatic carbocycles. The van der Waals surface area contributed by atoms with Crippen molar-refractivity contribution in [2.75, 3.05) is 6.61 Å². The highest BCUT2D eigenvalue weighted by Crippen LogP contribution is 2.26. The fourth-order valence-corrected chi connectivity index (χ4v) is 1.29. The van der Waals surface area contributed by atoms with E-state index < -0.39 is 4.92 Å². The van der Waals surface area contributed by atoms with Gasteiger partial charge in [-0.2, -0.15) is 0 Å². The second-order valence-corrected chi connectivity index (χ2v) is 3.04. The van der Waals surface area contributed by atoms with Crippen molar-refractivity contribution in [3.8, 4) is 0 Å². The summed E-state index contributed by atoms with van der Waals surface area (Å²) in [6, 6.07) is 4.58. The molecule has 0 unspecified atom stereocenters. The Bertz CT molecular complexity index is 341. The van der Waals surface area contributed by atoms with Crippen LogP contribution >= 0.6 is 11.6 Å². The van der Waals surface area contributed by atoms with Crippen LogP contribution in [0.3, 0.4) is 0 Å². The molecule has 0 aliphatic rings. The van der Waals surface area contributed by atoms with Gasteiger partial charge in [-0.05, 0) is 13.0 Å². The summed E-state index contributed by atoms with van der Waals surface area (Å²) in [6.07, 6.45) is 0. The van der Waals surface area contributed by atoms with Gasteiger partial charge < -0.3 is 4.74 Å². The Morgan fingerprint density at radius 2 is 2.29 bits per heavy atom. The lowest BCUT2D eigenvalue weighted by molar-refractivity contribution is -0.385. The van der Waals surface area contributed by atoms with E-state index in [9.17, 15) is 10.1 Å². The van der Waals surface area contributed by atoms with Gasteiger partial charge in [-0.15, -0.1) is 0 Å². The Labute approximate surface area is 86.6 Å². The highest BCUT2D eigenvalue weighted by molar-refractivity contribution is 6.31. The Morgan fingerprint density at radius 1 is 1.57 bits per heavy atom. The average molecular weight is 216 g/mol. The number of nitro groups is 1. The molecule has 1 aromatic carbocycles. The van der Waals surface area contributed by atoms with Crippen LogP contribution in [0.25, 0.3) is 0 Å². The second kappa shape index (κ2) is 4.93. The van der Waals surface area contributed by atoms with Crippen molar-refractivity contribution >= 4 is 17.3 Å². The second-order valence-electron chi connectivity index (χ2n) is 2.63. The molecule has 0 heterocycles. The summed E-state index contributed by atoms with van der Waals surface area (Å²) >= 11 is 5.82. The van der Waals surface area contributed by atoms with Crippen molar-refractivity contribution < 1.29 is 9.66 Å². The van der Waals surface area contributed by atoms with Crippen molar-refractivity contribution in [1.29, 1.82) is 0 Å². The zero-order chi connectivity index (χ0) is 10.6. The van der Waals surface area contributed by atoms with Crippen LogP contribution in [0.4, 0.5) is 5.69 Å². The third-order valence-electron chi connectivity index (χ3n) is 1.74. The number of rotatable bonds is 4. The van der Waals surface area contributed by atoms with Gasteiger partial charge in [0.25, 0.3) is 5.69 Å². The minimum Gasteiger partial charge on any atom is -0.377 e. The molecule has 4 nitrogen and oxygen atoms in total. The van der Waals surface area contributed by atoms with E-state index in [1.807, 2.05) is 6.92 Å². The molecule has 0 radical (unpaired) electrons. The van der Waals surface area contributed by atoms with E-state index in [-0.39, 0.29) is 12.3 Å². The summed E-state index contributed by atoms with van der Waals surface area (Å²) in [5, 5.41) is 11.0. The molecule has 0 saturated heterocycles. The molecule has 5 heteroatoms. The van der Waals surface area contributed by atoms with E-state index in [0.717, 1.165) is 0 Å². The van der Waals surface area contributed by atoms with Gasteiger partial charge in [-0.3, -0.25) is 10.1 Å². The number of halogens is 1. The highest BCUT2D eigenvalue weighted by atomic mass is 35.5. The first-order valence-electron chi connectivity index (χ1n) is 4.16. The molecule has 0 bridgehead atoms. The summed E-state index contributed by atoms with van der Waals surface area (Å²) in [5.74, 6) is 0. The molecule has 1 rings (SSSR count). The molecule has 1 aromatic rings. The molecule has 14 heavy (non-hydrogen) atoms. The van der Waals surface area contributed by atoms with Crippen LogP contribution in [-0.4, -0.2) is 11.5 Å². The third-order valence-corrected chi connectivity index (χ3v) is 2.10. The molecular formula is C9H10ClNO3. The van der Waals surface area contributed by atoms with Gasteiger partial charge in [-0.25, -0.2) is 0 Å². The Balaban J connectivity index is 3.02. The maximum Gasteiger partial charge on any atom is 0.276 e. The molecule has 0 spiro atoms. The van der Waals surface area contributed by atoms with E-state index in [1.165, 1.54) is 6.07 Å². The highest BCUT2D eigenvalue weighted by Gasteiger charge is 2.15. The van der Waals surface area contributed by atoms with Gasteiger partial charge in [0.05, 0.1) is 22.1 Å². The molecule has 0 atom stereocenters. The van der Waals surface area contributed by atoms with Crippen molar-refractivity contribution in [3.05, 3.63) is 38.9 Å². The van der Waals surface area contributed by atoms with Crippen LogP contribution in [0.1, 0.15) is 12.5 Å². The van der Waals surface area contributed by atoms with Crippen molar-refractivity contribution in [2.24, 2.45) is 0 Å². The van der Waals surface area contributed by atoms with E-state index in [2.05, 4.69) is 0 Å². The number of ether oxygens (including phenoxy) is 1. The SMILES string of the molecule is CCOCc1c(Cl)cccc1[N+](=O)[O-]. The van der Waals surface area contributed by atoms with Crippen LogP contribution in [0, 0.1) is 10.1 Å². The average Bonchev–Trinajstić information content (AvgIpc) is 2.15. The minimum atomic E-state index is -0.458. The van der Waals surface area contributed by atoms with Crippen LogP contribution < -0.4 is 0 Å². The zero-order valence-corrected chi connectivity index (χ0v) is 8.45. The fraction of sp³-hybridized carbons (Fsp3) is 0.333. The summed E-state index contributed by atoms with van der Waals surface area (Å²) in [5.41, 5.74) is 0.437. The molecular weight excluding hydrogens is 206 g/mol. The van der Waals surface area contributed by atoms with E-state index in [0.29, 0.717) is 17.2 Å². The maximum atomic E-state index is 10.6. The maximum absolute atomic E-state index is 10.6. The molecule has 0 fully saturated rings. The van der Waals surface area contributed by atoms with Gasteiger partial charge in [0.2, 0.25) is 0 Å². The van der Waals surface area contributed by atoms with Gasteiger partial charge >= 0.3 is 0 Å². The summed E-state index contributed by atoms with van der Waals surface area (Å²) < 4.78 is 5.10. The topological polar surface area (TPSA) is 52.4 Å². The Hall–Kier alpha value is -1.13. The molecule has 0 aromatic heterocycles. The lowest BCUT2D eigenvalue weighted by Crippen LogP contribution is -1.99. The van der Waals surface area contributed by atoms with Crippen LogP contribution in [0.2, 0.25) is 5.02 Å². The first kappa shape index (κ1) is 10.9. The standard InChI is InChI=1S/C9H10ClNO3/c1-2-14-6-7-8(10)4-3-5-9(7)11(12)13/h3-5H,2,6H2,1H3. The van der Waals surface area contributed by atoms with Crippen molar-refractivity contribution in [2.45, 2.75) is 13.5 Å². The van der Waals surface area contributed by atoms with Gasteiger partial charge in [0.1, 0.15) is 0 Å². The van der Waals surface area contributed by atoms with Crippen LogP contribution in [-0.2, 0) is 11.3 Å². The number of hydrogen-bond donors (Lipinski definition) is 0. The lowest BCUT2D eigenvalue weighted by atomic mass is 10.2. The minimum absolute atomic E-state index is 0.00551. The quantitative estimate of drug-likeness (QED) is 0.573. The molecule has 0 amide bonds. The summed E-state index contributed by atoms with van der Waals surface area (Å²) in [4.78, 5) is 10.2. The first-order chi connectivity index (χ1) is 6.66. The third kappa shape index (κ3) is 2.43. The normalized spacial score (nSPS) is 10.1. The van der Waals surface area contributed by atoms with Crippen molar-refractivity contribution in [3.63, 3.8) is 0 Å². The predicted molar refractivity (Wildman–Crippen MR) is 53.4 cm³/mol. The lowest BCUT2D eigenvalue weighted by Gasteiger charge is -2.04. The monoisotopic (exact) mass is 215 g/mol. The van der Waals surface area contributed by atoms with Crippen LogP contribution in [0.5, 0.6) is 0 Å². The predicted octanol–water partition coefficient (Wildman–Crippen LogP) is 2.78. The van der Waals surface area contributed by atoms with E-state index >= 15 is 0 Å². The van der Waals surface area contributed by atoms with Gasteiger partial charge in [0.15, 0.2) is 0 Å². The van der Waals surface area contributed by atoms with Crippen LogP contribution in [0.15, 0.2) is 18.2 Å². The van der Waals surface area contributed by atoms with Gasteiger partial charge in [-0.1, -0.05) is 17.7 Å². The van der Waals surface area contributed by atoms with Crippen molar-refractivity contribution in [1.82, 2.24) is 0 Å². The largest absolute Gasteiger partial charge is 0.377 e. The summed E-state index contributed by atoms with van der Waals surface area (Å²) in [6.45, 7) is 2.50.